The zero-order chi connectivity index (χ0) is 31.5. The first-order chi connectivity index (χ1) is 20.1. The van der Waals surface area contributed by atoms with Crippen LogP contribution in [0.15, 0.2) is 0 Å². The molecule has 0 aromatic carbocycles. The monoisotopic (exact) mass is 623 g/mol. The molecular weight excluding hydrogens is 565 g/mol. The number of unbranched alkanes of at least 4 members (excludes halogenated alkanes) is 16. The summed E-state index contributed by atoms with van der Waals surface area (Å²) in [6.45, 7) is 2.71. The largest absolute Gasteiger partial charge is 0.480 e. The molecule has 0 spiro atoms. The lowest BCUT2D eigenvalue weighted by molar-refractivity contribution is -0.161. The van der Waals surface area contributed by atoms with E-state index in [2.05, 4.69) is 18.4 Å². The average molecular weight is 624 g/mol. The highest BCUT2D eigenvalue weighted by Crippen LogP contribution is 2.43. The van der Waals surface area contributed by atoms with E-state index in [1.807, 2.05) is 0 Å². The Balaban J connectivity index is 4.52. The lowest BCUT2D eigenvalue weighted by Crippen LogP contribution is -2.34. The molecule has 0 heterocycles. The van der Waals surface area contributed by atoms with Gasteiger partial charge in [-0.1, -0.05) is 117 Å². The summed E-state index contributed by atoms with van der Waals surface area (Å²) in [6.07, 6.45) is 19.2. The molecule has 0 radical (unpaired) electrons. The fourth-order valence-electron chi connectivity index (χ4n) is 4.24. The molecule has 0 aliphatic heterocycles. The van der Waals surface area contributed by atoms with Crippen molar-refractivity contribution >= 4 is 25.7 Å². The Morgan fingerprint density at radius 3 is 1.50 bits per heavy atom. The van der Waals surface area contributed by atoms with Gasteiger partial charge in [0.15, 0.2) is 6.10 Å². The van der Waals surface area contributed by atoms with Crippen LogP contribution in [0.1, 0.15) is 142 Å². The van der Waals surface area contributed by atoms with E-state index < -0.39 is 51.1 Å². The Labute approximate surface area is 253 Å². The number of ether oxygens (including phenoxy) is 2. The lowest BCUT2D eigenvalue weighted by atomic mass is 10.1. The Bertz CT molecular complexity index is 752. The molecule has 0 aliphatic rings. The highest BCUT2D eigenvalue weighted by atomic mass is 31.2. The van der Waals surface area contributed by atoms with Crippen molar-refractivity contribution in [3.63, 3.8) is 0 Å². The van der Waals surface area contributed by atoms with Crippen LogP contribution in [-0.4, -0.2) is 59.9 Å². The minimum atomic E-state index is -4.69. The molecule has 42 heavy (non-hydrogen) atoms. The van der Waals surface area contributed by atoms with Gasteiger partial charge in [0.25, 0.3) is 0 Å². The number of nitrogens with two attached hydrogens (primary N) is 1. The van der Waals surface area contributed by atoms with Crippen molar-refractivity contribution in [2.75, 3.05) is 19.8 Å². The van der Waals surface area contributed by atoms with Gasteiger partial charge < -0.3 is 25.2 Å². The van der Waals surface area contributed by atoms with Gasteiger partial charge in [-0.25, -0.2) is 4.57 Å². The van der Waals surface area contributed by atoms with Crippen molar-refractivity contribution in [3.8, 4) is 0 Å². The second-order valence-electron chi connectivity index (χ2n) is 11.0. The number of phosphoric ester groups is 1. The Hall–Kier alpha value is -1.52. The minimum absolute atomic E-state index is 0.165. The maximum atomic E-state index is 12.4. The van der Waals surface area contributed by atoms with Crippen LogP contribution in [0.5, 0.6) is 0 Å². The van der Waals surface area contributed by atoms with Crippen LogP contribution in [0.4, 0.5) is 0 Å². The highest BCUT2D eigenvalue weighted by molar-refractivity contribution is 7.47. The van der Waals surface area contributed by atoms with Crippen molar-refractivity contribution < 1.29 is 47.5 Å². The third-order valence-electron chi connectivity index (χ3n) is 6.86. The van der Waals surface area contributed by atoms with Gasteiger partial charge in [0.05, 0.1) is 13.2 Å². The first-order valence-electron chi connectivity index (χ1n) is 16.1. The number of carbonyl (C=O) groups is 3. The van der Waals surface area contributed by atoms with Crippen molar-refractivity contribution in [1.82, 2.24) is 0 Å². The average Bonchev–Trinajstić information content (AvgIpc) is 2.95. The van der Waals surface area contributed by atoms with Gasteiger partial charge in [0.1, 0.15) is 12.6 Å². The fourth-order valence-corrected chi connectivity index (χ4v) is 5.02. The van der Waals surface area contributed by atoms with Gasteiger partial charge in [-0.3, -0.25) is 23.4 Å². The van der Waals surface area contributed by atoms with E-state index in [1.54, 1.807) is 0 Å². The molecule has 3 atom stereocenters. The second kappa shape index (κ2) is 27.1. The lowest BCUT2D eigenvalue weighted by Gasteiger charge is -2.20. The molecule has 0 saturated heterocycles. The topological polar surface area (TPSA) is 172 Å². The quantitative estimate of drug-likeness (QED) is 0.0435. The molecule has 12 heteroatoms. The van der Waals surface area contributed by atoms with Gasteiger partial charge in [0.2, 0.25) is 0 Å². The van der Waals surface area contributed by atoms with E-state index in [0.717, 1.165) is 38.5 Å². The van der Waals surface area contributed by atoms with Gasteiger partial charge in [-0.15, -0.1) is 0 Å². The van der Waals surface area contributed by atoms with Crippen molar-refractivity contribution in [1.29, 1.82) is 0 Å². The van der Waals surface area contributed by atoms with E-state index in [4.69, 9.17) is 24.8 Å². The van der Waals surface area contributed by atoms with Crippen molar-refractivity contribution in [2.24, 2.45) is 5.73 Å². The van der Waals surface area contributed by atoms with Crippen molar-refractivity contribution in [3.05, 3.63) is 0 Å². The van der Waals surface area contributed by atoms with Crippen molar-refractivity contribution in [2.45, 2.75) is 154 Å². The van der Waals surface area contributed by atoms with Crippen LogP contribution < -0.4 is 5.73 Å². The van der Waals surface area contributed by atoms with E-state index in [0.29, 0.717) is 12.8 Å². The van der Waals surface area contributed by atoms with Crippen LogP contribution in [0.3, 0.4) is 0 Å². The summed E-state index contributed by atoms with van der Waals surface area (Å²) in [6, 6.07) is -1.51. The predicted octanol–water partition coefficient (Wildman–Crippen LogP) is 6.83. The van der Waals surface area contributed by atoms with Gasteiger partial charge in [-0.05, 0) is 12.8 Å². The molecule has 1 unspecified atom stereocenters. The normalized spacial score (nSPS) is 14.2. The van der Waals surface area contributed by atoms with E-state index in [-0.39, 0.29) is 19.4 Å². The number of carboxylic acids is 1. The van der Waals surface area contributed by atoms with E-state index in [1.165, 1.54) is 64.2 Å². The third-order valence-corrected chi connectivity index (χ3v) is 7.81. The standard InChI is InChI=1S/C30H58NO10P/c1-3-5-7-9-11-13-14-16-17-19-21-28(32)38-23-26(24-39-42(36,37)40-25-27(31)30(34)35)41-29(33)22-20-18-15-12-10-8-6-4-2/h26-27H,3-25,31H2,1-2H3,(H,34,35)(H,36,37)/t26-,27+/m1/s1. The molecule has 248 valence electrons. The summed E-state index contributed by atoms with van der Waals surface area (Å²) in [5, 5.41) is 8.80. The Morgan fingerprint density at radius 2 is 1.05 bits per heavy atom. The summed E-state index contributed by atoms with van der Waals surface area (Å²) in [4.78, 5) is 45.3. The Morgan fingerprint density at radius 1 is 0.643 bits per heavy atom. The first kappa shape index (κ1) is 40.5. The molecular formula is C30H58NO10P. The zero-order valence-electron chi connectivity index (χ0n) is 26.1. The van der Waals surface area contributed by atoms with E-state index in [9.17, 15) is 23.8 Å². The zero-order valence-corrected chi connectivity index (χ0v) is 27.0. The number of carbonyl (C=O) groups excluding carboxylic acids is 2. The maximum Gasteiger partial charge on any atom is 0.472 e. The number of aliphatic carboxylic acids is 1. The third kappa shape index (κ3) is 26.1. The van der Waals surface area contributed by atoms with Crippen LogP contribution in [-0.2, 0) is 37.5 Å². The van der Waals surface area contributed by atoms with Gasteiger partial charge >= 0.3 is 25.7 Å². The van der Waals surface area contributed by atoms with Gasteiger partial charge in [-0.2, -0.15) is 0 Å². The summed E-state index contributed by atoms with van der Waals surface area (Å²) < 4.78 is 32.3. The van der Waals surface area contributed by atoms with Crippen LogP contribution >= 0.6 is 7.82 Å². The number of phosphoric acid groups is 1. The Kier molecular flexibility index (Phi) is 26.1. The smallest absolute Gasteiger partial charge is 0.472 e. The highest BCUT2D eigenvalue weighted by Gasteiger charge is 2.28. The molecule has 0 rings (SSSR count). The number of rotatable bonds is 30. The molecule has 0 fully saturated rings. The first-order valence-corrected chi connectivity index (χ1v) is 17.6. The van der Waals surface area contributed by atoms with Crippen LogP contribution in [0.2, 0.25) is 0 Å². The van der Waals surface area contributed by atoms with Gasteiger partial charge in [0, 0.05) is 12.8 Å². The summed E-state index contributed by atoms with van der Waals surface area (Å²) in [7, 11) is -4.69. The van der Waals surface area contributed by atoms with Crippen LogP contribution in [0.25, 0.3) is 0 Å². The molecule has 11 nitrogen and oxygen atoms in total. The SMILES string of the molecule is CCCCCCCCCCCCC(=O)OC[C@H](COP(=O)(O)OC[C@H](N)C(=O)O)OC(=O)CCCCCCCCCC. The summed E-state index contributed by atoms with van der Waals surface area (Å²) in [5.74, 6) is -2.38. The summed E-state index contributed by atoms with van der Waals surface area (Å²) >= 11 is 0. The molecule has 4 N–H and O–H groups in total. The van der Waals surface area contributed by atoms with E-state index >= 15 is 0 Å². The minimum Gasteiger partial charge on any atom is -0.480 e. The molecule has 0 aliphatic carbocycles. The molecule has 0 saturated carbocycles. The maximum absolute atomic E-state index is 12.4. The molecule has 0 aromatic heterocycles. The number of hydrogen-bond donors (Lipinski definition) is 3. The van der Waals surface area contributed by atoms with Crippen LogP contribution in [0, 0.1) is 0 Å². The fraction of sp³-hybridized carbons (Fsp3) is 0.900. The molecule has 0 aromatic rings. The molecule has 0 amide bonds. The number of hydrogen-bond acceptors (Lipinski definition) is 9. The molecule has 0 bridgehead atoms. The summed E-state index contributed by atoms with van der Waals surface area (Å²) in [5.41, 5.74) is 5.28. The predicted molar refractivity (Wildman–Crippen MR) is 162 cm³/mol. The second-order valence-corrected chi connectivity index (χ2v) is 12.4. The number of esters is 2. The number of carboxylic acid groups (broad SMARTS) is 1.